The lowest BCUT2D eigenvalue weighted by Gasteiger charge is -2.32. The second kappa shape index (κ2) is 8.93. The van der Waals surface area contributed by atoms with Crippen molar-refractivity contribution >= 4 is 11.6 Å². The molecule has 0 heterocycles. The van der Waals surface area contributed by atoms with E-state index < -0.39 is 6.04 Å². The van der Waals surface area contributed by atoms with Crippen molar-refractivity contribution in [2.24, 2.45) is 5.92 Å². The van der Waals surface area contributed by atoms with Crippen LogP contribution in [-0.2, 0) is 4.79 Å². The van der Waals surface area contributed by atoms with E-state index in [9.17, 15) is 14.3 Å². The first-order valence-electron chi connectivity index (χ1n) is 8.76. The third-order valence-electron chi connectivity index (χ3n) is 5.01. The van der Waals surface area contributed by atoms with Gasteiger partial charge in [-0.1, -0.05) is 6.42 Å². The number of aliphatic hydroxyl groups excluding tert-OH is 1. The first-order valence-corrected chi connectivity index (χ1v) is 8.76. The van der Waals surface area contributed by atoms with E-state index in [1.807, 2.05) is 18.9 Å². The Morgan fingerprint density at radius 2 is 2.08 bits per heavy atom. The highest BCUT2D eigenvalue weighted by atomic mass is 19.1. The molecule has 6 heteroatoms. The van der Waals surface area contributed by atoms with Crippen LogP contribution in [0.1, 0.15) is 32.6 Å². The molecule has 136 valence electrons. The molecule has 25 heavy (non-hydrogen) atoms. The number of carbonyl (C=O) groups is 1. The molecular formula is C19H26FN3O2. The largest absolute Gasteiger partial charge is 0.393 e. The molecule has 0 aromatic heterocycles. The van der Waals surface area contributed by atoms with Crippen LogP contribution < -0.4 is 4.90 Å². The van der Waals surface area contributed by atoms with Gasteiger partial charge in [-0.3, -0.25) is 9.69 Å². The van der Waals surface area contributed by atoms with Gasteiger partial charge in [0.25, 0.3) is 0 Å². The van der Waals surface area contributed by atoms with Crippen LogP contribution in [-0.4, -0.2) is 48.2 Å². The van der Waals surface area contributed by atoms with Gasteiger partial charge < -0.3 is 10.0 Å². The number of nitrogens with zero attached hydrogens (tertiary/aromatic N) is 3. The summed E-state index contributed by atoms with van der Waals surface area (Å²) < 4.78 is 13.2. The second-order valence-electron chi connectivity index (χ2n) is 6.75. The van der Waals surface area contributed by atoms with E-state index in [0.29, 0.717) is 12.2 Å². The normalized spacial score (nSPS) is 21.1. The molecule has 0 spiro atoms. The molecule has 0 bridgehead atoms. The number of likely N-dealkylation sites (N-methyl/N-ethyl adjacent to an activating group) is 1. The molecule has 5 nitrogen and oxygen atoms in total. The fourth-order valence-corrected chi connectivity index (χ4v) is 3.32. The third-order valence-corrected chi connectivity index (χ3v) is 5.01. The Kier molecular flexibility index (Phi) is 6.91. The number of hydrogen-bond donors (Lipinski definition) is 1. The summed E-state index contributed by atoms with van der Waals surface area (Å²) in [5.41, 5.74) is 0.586. The monoisotopic (exact) mass is 347 g/mol. The van der Waals surface area contributed by atoms with Crippen LogP contribution in [0.5, 0.6) is 0 Å². The van der Waals surface area contributed by atoms with Crippen molar-refractivity contribution in [1.29, 1.82) is 5.26 Å². The number of nitriles is 1. The summed E-state index contributed by atoms with van der Waals surface area (Å²) in [6, 6.07) is 7.39. The van der Waals surface area contributed by atoms with Crippen LogP contribution in [0, 0.1) is 23.1 Å². The van der Waals surface area contributed by atoms with Gasteiger partial charge in [-0.05, 0) is 57.0 Å². The van der Waals surface area contributed by atoms with Gasteiger partial charge in [0.15, 0.2) is 0 Å². The fourth-order valence-electron chi connectivity index (χ4n) is 3.32. The Bertz CT molecular complexity index is 614. The summed E-state index contributed by atoms with van der Waals surface area (Å²) in [4.78, 5) is 16.4. The first-order chi connectivity index (χ1) is 11.9. The molecule has 1 aliphatic rings. The van der Waals surface area contributed by atoms with E-state index in [2.05, 4.69) is 6.07 Å². The quantitative estimate of drug-likeness (QED) is 0.823. The zero-order chi connectivity index (χ0) is 18.4. The fraction of sp³-hybridized carbons (Fsp3) is 0.579. The summed E-state index contributed by atoms with van der Waals surface area (Å²) in [5, 5.41) is 18.9. The van der Waals surface area contributed by atoms with Crippen LogP contribution in [0.3, 0.4) is 0 Å². The number of anilines is 1. The number of halogens is 1. The van der Waals surface area contributed by atoms with Crippen molar-refractivity contribution < 1.29 is 14.3 Å². The minimum atomic E-state index is -0.392. The molecule has 0 saturated heterocycles. The Hall–Kier alpha value is -1.97. The Morgan fingerprint density at radius 1 is 1.40 bits per heavy atom. The molecule has 0 aliphatic heterocycles. The molecule has 1 saturated carbocycles. The smallest absolute Gasteiger partial charge is 0.244 e. The van der Waals surface area contributed by atoms with Gasteiger partial charge in [-0.25, -0.2) is 4.39 Å². The molecular weight excluding hydrogens is 321 g/mol. The minimum Gasteiger partial charge on any atom is -0.393 e. The van der Waals surface area contributed by atoms with Gasteiger partial charge in [0.05, 0.1) is 24.6 Å². The molecule has 1 aliphatic carbocycles. The van der Waals surface area contributed by atoms with E-state index >= 15 is 0 Å². The van der Waals surface area contributed by atoms with Crippen LogP contribution in [0.25, 0.3) is 0 Å². The molecule has 1 aromatic rings. The van der Waals surface area contributed by atoms with E-state index in [1.165, 1.54) is 17.0 Å². The molecule has 1 amide bonds. The maximum atomic E-state index is 13.2. The molecule has 1 N–H and O–H groups in total. The highest BCUT2D eigenvalue weighted by Crippen LogP contribution is 2.27. The van der Waals surface area contributed by atoms with Crippen LogP contribution in [0.4, 0.5) is 10.1 Å². The van der Waals surface area contributed by atoms with E-state index in [0.717, 1.165) is 19.3 Å². The SMILES string of the molecule is CC(C(=O)N(CCC#N)c1ccc(F)cc1)N(C)CC1CCCC1O. The lowest BCUT2D eigenvalue weighted by molar-refractivity contribution is -0.123. The van der Waals surface area contributed by atoms with Crippen molar-refractivity contribution in [2.45, 2.75) is 44.8 Å². The number of rotatable bonds is 7. The lowest BCUT2D eigenvalue weighted by atomic mass is 10.0. The zero-order valence-electron chi connectivity index (χ0n) is 14.9. The average molecular weight is 347 g/mol. The van der Waals surface area contributed by atoms with E-state index in [-0.39, 0.29) is 36.7 Å². The minimum absolute atomic E-state index is 0.128. The van der Waals surface area contributed by atoms with Crippen molar-refractivity contribution in [3.8, 4) is 6.07 Å². The van der Waals surface area contributed by atoms with Crippen LogP contribution in [0.2, 0.25) is 0 Å². The Balaban J connectivity index is 2.08. The van der Waals surface area contributed by atoms with E-state index in [1.54, 1.807) is 12.1 Å². The topological polar surface area (TPSA) is 67.6 Å². The number of hydrogen-bond acceptors (Lipinski definition) is 4. The highest BCUT2D eigenvalue weighted by molar-refractivity contribution is 5.96. The van der Waals surface area contributed by atoms with Crippen molar-refractivity contribution in [2.75, 3.05) is 25.0 Å². The highest BCUT2D eigenvalue weighted by Gasteiger charge is 2.30. The van der Waals surface area contributed by atoms with Gasteiger partial charge in [0.1, 0.15) is 5.82 Å². The van der Waals surface area contributed by atoms with Crippen molar-refractivity contribution in [3.05, 3.63) is 30.1 Å². The first kappa shape index (κ1) is 19.4. The van der Waals surface area contributed by atoms with Gasteiger partial charge in [0.2, 0.25) is 5.91 Å². The molecule has 2 rings (SSSR count). The average Bonchev–Trinajstić information content (AvgIpc) is 3.00. The van der Waals surface area contributed by atoms with Crippen molar-refractivity contribution in [3.63, 3.8) is 0 Å². The molecule has 1 fully saturated rings. The van der Waals surface area contributed by atoms with Gasteiger partial charge in [0, 0.05) is 18.8 Å². The number of aliphatic hydroxyl groups is 1. The predicted molar refractivity (Wildman–Crippen MR) is 94.4 cm³/mol. The number of carbonyl (C=O) groups excluding carboxylic acids is 1. The number of amides is 1. The Labute approximate surface area is 148 Å². The lowest BCUT2D eigenvalue weighted by Crippen LogP contribution is -2.48. The van der Waals surface area contributed by atoms with Gasteiger partial charge in [-0.2, -0.15) is 5.26 Å². The second-order valence-corrected chi connectivity index (χ2v) is 6.75. The maximum Gasteiger partial charge on any atom is 0.244 e. The predicted octanol–water partition coefficient (Wildman–Crippen LogP) is 2.55. The zero-order valence-corrected chi connectivity index (χ0v) is 14.9. The van der Waals surface area contributed by atoms with Crippen molar-refractivity contribution in [1.82, 2.24) is 4.90 Å². The summed E-state index contributed by atoms with van der Waals surface area (Å²) in [6.07, 6.45) is 2.73. The summed E-state index contributed by atoms with van der Waals surface area (Å²) in [7, 11) is 1.88. The summed E-state index contributed by atoms with van der Waals surface area (Å²) in [5.74, 6) is -0.299. The van der Waals surface area contributed by atoms with Crippen LogP contribution >= 0.6 is 0 Å². The Morgan fingerprint density at radius 3 is 2.64 bits per heavy atom. The molecule has 3 atom stereocenters. The molecule has 0 radical (unpaired) electrons. The van der Waals surface area contributed by atoms with Gasteiger partial charge >= 0.3 is 0 Å². The third kappa shape index (κ3) is 5.00. The van der Waals surface area contributed by atoms with Gasteiger partial charge in [-0.15, -0.1) is 0 Å². The number of benzene rings is 1. The van der Waals surface area contributed by atoms with E-state index in [4.69, 9.17) is 5.26 Å². The molecule has 1 aromatic carbocycles. The molecule has 3 unspecified atom stereocenters. The maximum absolute atomic E-state index is 13.2. The summed E-state index contributed by atoms with van der Waals surface area (Å²) in [6.45, 7) is 2.75. The van der Waals surface area contributed by atoms with Crippen LogP contribution in [0.15, 0.2) is 24.3 Å². The standard InChI is InChI=1S/C19H26FN3O2/c1-14(22(2)13-15-5-3-6-18(15)24)19(25)23(12-4-11-21)17-9-7-16(20)8-10-17/h7-10,14-15,18,24H,3-6,12-13H2,1-2H3. The summed E-state index contributed by atoms with van der Waals surface area (Å²) >= 11 is 0.